The molecule has 1 aliphatic rings. The summed E-state index contributed by atoms with van der Waals surface area (Å²) in [6.07, 6.45) is 8.98. The van der Waals surface area contributed by atoms with Crippen LogP contribution >= 0.6 is 0 Å². The zero-order chi connectivity index (χ0) is 21.2. The molecule has 7 heteroatoms. The topological polar surface area (TPSA) is 76.8 Å². The number of hydrogen-bond donors (Lipinski definition) is 0. The average molecular weight is 412 g/mol. The lowest BCUT2D eigenvalue weighted by atomic mass is 9.90. The minimum Gasteiger partial charge on any atom is -0.340 e. The Hall–Kier alpha value is -3.61. The van der Waals surface area contributed by atoms with E-state index in [1.165, 1.54) is 0 Å². The number of likely N-dealkylation sites (tertiary alicyclic amines) is 1. The van der Waals surface area contributed by atoms with Crippen molar-refractivity contribution < 1.29 is 4.79 Å². The predicted octanol–water partition coefficient (Wildman–Crippen LogP) is 3.60. The Bertz CT molecular complexity index is 1220. The van der Waals surface area contributed by atoms with Gasteiger partial charge in [0.25, 0.3) is 0 Å². The molecule has 0 N–H and O–H groups in total. The minimum absolute atomic E-state index is 0.121. The lowest BCUT2D eigenvalue weighted by molar-refractivity contribution is -0.133. The predicted molar refractivity (Wildman–Crippen MR) is 118 cm³/mol. The van der Waals surface area contributed by atoms with Crippen LogP contribution < -0.4 is 0 Å². The van der Waals surface area contributed by atoms with Crippen molar-refractivity contribution in [3.63, 3.8) is 0 Å². The number of piperidine rings is 1. The Morgan fingerprint density at radius 3 is 2.84 bits per heavy atom. The first-order chi connectivity index (χ1) is 15.2. The molecule has 1 aliphatic heterocycles. The number of aryl methyl sites for hydroxylation is 1. The summed E-state index contributed by atoms with van der Waals surface area (Å²) in [7, 11) is 0. The monoisotopic (exact) mass is 412 g/mol. The molecule has 5 rings (SSSR count). The van der Waals surface area contributed by atoms with Gasteiger partial charge in [-0.2, -0.15) is 0 Å². The second-order valence-corrected chi connectivity index (χ2v) is 7.97. The van der Waals surface area contributed by atoms with Crippen molar-refractivity contribution >= 4 is 16.9 Å². The normalized spacial score (nSPS) is 16.5. The van der Waals surface area contributed by atoms with Crippen LogP contribution in [-0.2, 0) is 11.3 Å². The van der Waals surface area contributed by atoms with Gasteiger partial charge >= 0.3 is 0 Å². The van der Waals surface area contributed by atoms with E-state index in [0.717, 1.165) is 53.1 Å². The number of hydrogen-bond acceptors (Lipinski definition) is 5. The number of carbonyl (C=O) groups is 1. The van der Waals surface area contributed by atoms with Crippen LogP contribution in [0.15, 0.2) is 61.3 Å². The standard InChI is InChI=1S/C24H24N6O/c1-17-28-21-6-2-3-7-22(21)30(17)15-23(31)29-12-4-5-19(14-29)24-20(13-26-16-27-24)18-8-10-25-11-9-18/h2-3,6-11,13,16,19H,4-5,12,14-15H2,1H3/t19-/m0/s1. The zero-order valence-corrected chi connectivity index (χ0v) is 17.5. The molecule has 0 bridgehead atoms. The minimum atomic E-state index is 0.121. The molecule has 1 aromatic carbocycles. The van der Waals surface area contributed by atoms with Gasteiger partial charge in [0, 0.05) is 43.2 Å². The summed E-state index contributed by atoms with van der Waals surface area (Å²) in [5, 5.41) is 0. The molecule has 0 aliphatic carbocycles. The van der Waals surface area contributed by atoms with Gasteiger partial charge in [-0.3, -0.25) is 9.78 Å². The number of nitrogens with zero attached hydrogens (tertiary/aromatic N) is 6. The van der Waals surface area contributed by atoms with E-state index < -0.39 is 0 Å². The van der Waals surface area contributed by atoms with E-state index in [1.807, 2.05) is 59.0 Å². The second kappa shape index (κ2) is 8.26. The smallest absolute Gasteiger partial charge is 0.242 e. The Morgan fingerprint density at radius 1 is 1.13 bits per heavy atom. The number of carbonyl (C=O) groups excluding carboxylic acids is 1. The van der Waals surface area contributed by atoms with E-state index in [-0.39, 0.29) is 11.8 Å². The quantitative estimate of drug-likeness (QED) is 0.512. The number of para-hydroxylation sites is 2. The van der Waals surface area contributed by atoms with Gasteiger partial charge in [-0.25, -0.2) is 15.0 Å². The second-order valence-electron chi connectivity index (χ2n) is 7.97. The molecule has 0 radical (unpaired) electrons. The molecule has 156 valence electrons. The van der Waals surface area contributed by atoms with Crippen molar-refractivity contribution in [2.75, 3.05) is 13.1 Å². The molecule has 1 saturated heterocycles. The number of rotatable bonds is 4. The van der Waals surface area contributed by atoms with E-state index >= 15 is 0 Å². The fourth-order valence-electron chi connectivity index (χ4n) is 4.48. The summed E-state index contributed by atoms with van der Waals surface area (Å²) in [5.74, 6) is 1.17. The SMILES string of the molecule is Cc1nc2ccccc2n1CC(=O)N1CCC[C@H](c2ncncc2-c2ccncc2)C1. The number of imidazole rings is 1. The van der Waals surface area contributed by atoms with Crippen LogP contribution in [0.2, 0.25) is 0 Å². The Labute approximate surface area is 180 Å². The summed E-state index contributed by atoms with van der Waals surface area (Å²) in [6.45, 7) is 3.70. The van der Waals surface area contributed by atoms with Gasteiger partial charge in [0.15, 0.2) is 0 Å². The summed E-state index contributed by atoms with van der Waals surface area (Å²) < 4.78 is 2.01. The molecule has 7 nitrogen and oxygen atoms in total. The highest BCUT2D eigenvalue weighted by molar-refractivity contribution is 5.81. The van der Waals surface area contributed by atoms with Crippen LogP contribution in [0, 0.1) is 6.92 Å². The maximum Gasteiger partial charge on any atom is 0.242 e. The van der Waals surface area contributed by atoms with Gasteiger partial charge in [0.05, 0.1) is 16.7 Å². The Kier molecular flexibility index (Phi) is 5.16. The third-order valence-corrected chi connectivity index (χ3v) is 6.03. The molecule has 0 unspecified atom stereocenters. The number of pyridine rings is 1. The number of benzene rings is 1. The average Bonchev–Trinajstić information content (AvgIpc) is 3.14. The van der Waals surface area contributed by atoms with Crippen LogP contribution in [0.5, 0.6) is 0 Å². The molecular formula is C24H24N6O. The fraction of sp³-hybridized carbons (Fsp3) is 0.292. The molecule has 1 atom stereocenters. The molecule has 1 fully saturated rings. The van der Waals surface area contributed by atoms with Gasteiger partial charge < -0.3 is 9.47 Å². The molecule has 0 saturated carbocycles. The van der Waals surface area contributed by atoms with Crippen molar-refractivity contribution in [2.24, 2.45) is 0 Å². The van der Waals surface area contributed by atoms with Crippen molar-refractivity contribution in [3.05, 3.63) is 72.8 Å². The number of fused-ring (bicyclic) bond motifs is 1. The van der Waals surface area contributed by atoms with Gasteiger partial charge in [0.1, 0.15) is 18.7 Å². The highest BCUT2D eigenvalue weighted by Gasteiger charge is 2.28. The van der Waals surface area contributed by atoms with E-state index in [4.69, 9.17) is 0 Å². The molecular weight excluding hydrogens is 388 g/mol. The Morgan fingerprint density at radius 2 is 1.97 bits per heavy atom. The van der Waals surface area contributed by atoms with E-state index in [0.29, 0.717) is 13.1 Å². The van der Waals surface area contributed by atoms with Gasteiger partial charge in [-0.15, -0.1) is 0 Å². The van der Waals surface area contributed by atoms with Crippen molar-refractivity contribution in [2.45, 2.75) is 32.2 Å². The van der Waals surface area contributed by atoms with E-state index in [1.54, 1.807) is 18.7 Å². The van der Waals surface area contributed by atoms with E-state index in [2.05, 4.69) is 19.9 Å². The van der Waals surface area contributed by atoms with Gasteiger partial charge in [-0.1, -0.05) is 12.1 Å². The fourth-order valence-corrected chi connectivity index (χ4v) is 4.48. The lowest BCUT2D eigenvalue weighted by Crippen LogP contribution is -2.41. The zero-order valence-electron chi connectivity index (χ0n) is 17.5. The van der Waals surface area contributed by atoms with Crippen molar-refractivity contribution in [3.8, 4) is 11.1 Å². The molecule has 1 amide bonds. The summed E-state index contributed by atoms with van der Waals surface area (Å²) >= 11 is 0. The van der Waals surface area contributed by atoms with Crippen LogP contribution in [0.3, 0.4) is 0 Å². The molecule has 3 aromatic heterocycles. The van der Waals surface area contributed by atoms with E-state index in [9.17, 15) is 4.79 Å². The lowest BCUT2D eigenvalue weighted by Gasteiger charge is -2.33. The van der Waals surface area contributed by atoms with Crippen LogP contribution in [0.4, 0.5) is 0 Å². The van der Waals surface area contributed by atoms with Gasteiger partial charge in [-0.05, 0) is 49.6 Å². The molecule has 0 spiro atoms. The summed E-state index contributed by atoms with van der Waals surface area (Å²) in [5.41, 5.74) is 4.99. The molecule has 4 aromatic rings. The number of aromatic nitrogens is 5. The maximum atomic E-state index is 13.2. The molecule has 31 heavy (non-hydrogen) atoms. The first kappa shape index (κ1) is 19.4. The van der Waals surface area contributed by atoms with Crippen molar-refractivity contribution in [1.29, 1.82) is 0 Å². The summed E-state index contributed by atoms with van der Waals surface area (Å²) in [6, 6.07) is 11.9. The van der Waals surface area contributed by atoms with Crippen molar-refractivity contribution in [1.82, 2.24) is 29.4 Å². The Balaban J connectivity index is 1.38. The highest BCUT2D eigenvalue weighted by atomic mass is 16.2. The third kappa shape index (κ3) is 3.79. The highest BCUT2D eigenvalue weighted by Crippen LogP contribution is 2.32. The van der Waals surface area contributed by atoms with Crippen LogP contribution in [0.25, 0.3) is 22.2 Å². The van der Waals surface area contributed by atoms with Crippen LogP contribution in [-0.4, -0.2) is 48.4 Å². The first-order valence-electron chi connectivity index (χ1n) is 10.6. The summed E-state index contributed by atoms with van der Waals surface area (Å²) in [4.78, 5) is 32.8. The van der Waals surface area contributed by atoms with Gasteiger partial charge in [0.2, 0.25) is 5.91 Å². The first-order valence-corrected chi connectivity index (χ1v) is 10.6. The number of amides is 1. The van der Waals surface area contributed by atoms with Crippen LogP contribution in [0.1, 0.15) is 30.3 Å². The maximum absolute atomic E-state index is 13.2. The molecule has 4 heterocycles. The third-order valence-electron chi connectivity index (χ3n) is 6.03. The largest absolute Gasteiger partial charge is 0.340 e.